The summed E-state index contributed by atoms with van der Waals surface area (Å²) >= 11 is 0. The highest BCUT2D eigenvalue weighted by atomic mass is 32.2. The molecule has 0 radical (unpaired) electrons. The van der Waals surface area contributed by atoms with Gasteiger partial charge in [-0.05, 0) is 53.3 Å². The van der Waals surface area contributed by atoms with Crippen LogP contribution in [0.3, 0.4) is 0 Å². The number of carbonyl (C=O) groups is 1. The fourth-order valence-electron chi connectivity index (χ4n) is 4.62. The second kappa shape index (κ2) is 8.87. The molecular formula is C24H31N3O5S. The summed E-state index contributed by atoms with van der Waals surface area (Å²) in [5.41, 5.74) is 4.31. The number of amides is 1. The van der Waals surface area contributed by atoms with Crippen LogP contribution in [-0.4, -0.2) is 54.0 Å². The summed E-state index contributed by atoms with van der Waals surface area (Å²) in [7, 11) is -1.94. The monoisotopic (exact) mass is 473 g/mol. The van der Waals surface area contributed by atoms with Gasteiger partial charge in [-0.25, -0.2) is 13.1 Å². The van der Waals surface area contributed by atoms with E-state index in [0.29, 0.717) is 18.8 Å². The largest absolute Gasteiger partial charge is 0.497 e. The molecule has 8 nitrogen and oxygen atoms in total. The van der Waals surface area contributed by atoms with Crippen molar-refractivity contribution in [2.75, 3.05) is 49.9 Å². The molecule has 2 aliphatic rings. The zero-order chi connectivity index (χ0) is 23.8. The van der Waals surface area contributed by atoms with Gasteiger partial charge in [0.2, 0.25) is 10.0 Å². The van der Waals surface area contributed by atoms with Crippen LogP contribution in [0, 0.1) is 5.41 Å². The molecule has 4 rings (SSSR count). The van der Waals surface area contributed by atoms with Crippen molar-refractivity contribution in [1.82, 2.24) is 4.72 Å². The Bertz CT molecular complexity index is 1160. The fourth-order valence-corrected chi connectivity index (χ4v) is 5.08. The van der Waals surface area contributed by atoms with Crippen LogP contribution in [0.15, 0.2) is 36.4 Å². The third kappa shape index (κ3) is 5.25. The third-order valence-electron chi connectivity index (χ3n) is 6.23. The SMILES string of the molecule is COc1cc(C2Nc3ccc(C(=O)NS(C)(=O)=O)cc3CC2(C)C)cc(N2CCOCC2)c1. The van der Waals surface area contributed by atoms with E-state index in [1.165, 1.54) is 0 Å². The van der Waals surface area contributed by atoms with Gasteiger partial charge in [-0.3, -0.25) is 4.79 Å². The number of rotatable bonds is 5. The lowest BCUT2D eigenvalue weighted by Crippen LogP contribution is -2.37. The number of nitrogens with zero attached hydrogens (tertiary/aromatic N) is 1. The van der Waals surface area contributed by atoms with Crippen LogP contribution in [0.5, 0.6) is 5.75 Å². The lowest BCUT2D eigenvalue weighted by molar-refractivity contribution is 0.0981. The number of anilines is 2. The summed E-state index contributed by atoms with van der Waals surface area (Å²) in [5, 5.41) is 3.65. The molecule has 2 heterocycles. The predicted octanol–water partition coefficient (Wildman–Crippen LogP) is 2.96. The van der Waals surface area contributed by atoms with Crippen LogP contribution < -0.4 is 19.7 Å². The molecule has 178 valence electrons. The van der Waals surface area contributed by atoms with Crippen LogP contribution in [0.2, 0.25) is 0 Å². The van der Waals surface area contributed by atoms with Gasteiger partial charge in [0, 0.05) is 36.1 Å². The normalized spacial score (nSPS) is 19.9. The Morgan fingerprint density at radius 3 is 2.58 bits per heavy atom. The van der Waals surface area contributed by atoms with E-state index in [1.54, 1.807) is 19.2 Å². The van der Waals surface area contributed by atoms with E-state index in [2.05, 4.69) is 42.3 Å². The van der Waals surface area contributed by atoms with Crippen molar-refractivity contribution in [2.45, 2.75) is 26.3 Å². The average Bonchev–Trinajstić information content (AvgIpc) is 2.76. The zero-order valence-corrected chi connectivity index (χ0v) is 20.3. The van der Waals surface area contributed by atoms with Crippen molar-refractivity contribution >= 4 is 27.3 Å². The van der Waals surface area contributed by atoms with Crippen LogP contribution in [0.25, 0.3) is 0 Å². The Labute approximate surface area is 195 Å². The Hall–Kier alpha value is -2.78. The Balaban J connectivity index is 1.65. The number of nitrogens with one attached hydrogen (secondary N) is 2. The molecule has 1 saturated heterocycles. The van der Waals surface area contributed by atoms with E-state index >= 15 is 0 Å². The molecule has 2 aliphatic heterocycles. The highest BCUT2D eigenvalue weighted by molar-refractivity contribution is 7.89. The molecule has 1 atom stereocenters. The van der Waals surface area contributed by atoms with Crippen molar-refractivity contribution in [3.05, 3.63) is 53.1 Å². The predicted molar refractivity (Wildman–Crippen MR) is 129 cm³/mol. The third-order valence-corrected chi connectivity index (χ3v) is 6.79. The number of morpholine rings is 1. The number of sulfonamides is 1. The lowest BCUT2D eigenvalue weighted by Gasteiger charge is -2.42. The molecule has 0 saturated carbocycles. The lowest BCUT2D eigenvalue weighted by atomic mass is 9.72. The number of carbonyl (C=O) groups excluding carboxylic acids is 1. The summed E-state index contributed by atoms with van der Waals surface area (Å²) in [6, 6.07) is 11.6. The second-order valence-corrected chi connectivity index (χ2v) is 11.1. The fraction of sp³-hybridized carbons (Fsp3) is 0.458. The molecule has 2 aromatic rings. The number of benzene rings is 2. The smallest absolute Gasteiger partial charge is 0.264 e. The molecule has 33 heavy (non-hydrogen) atoms. The molecule has 2 aromatic carbocycles. The first-order chi connectivity index (χ1) is 15.6. The average molecular weight is 474 g/mol. The summed E-state index contributed by atoms with van der Waals surface area (Å²) in [6.07, 6.45) is 1.70. The van der Waals surface area contributed by atoms with Crippen molar-refractivity contribution in [1.29, 1.82) is 0 Å². The molecule has 1 unspecified atom stereocenters. The summed E-state index contributed by atoms with van der Waals surface area (Å²) in [5.74, 6) is 0.188. The van der Waals surface area contributed by atoms with Crippen LogP contribution in [-0.2, 0) is 21.2 Å². The second-order valence-electron chi connectivity index (χ2n) is 9.38. The van der Waals surface area contributed by atoms with E-state index in [1.807, 2.05) is 10.8 Å². The van der Waals surface area contributed by atoms with Gasteiger partial charge < -0.3 is 19.7 Å². The number of methoxy groups -OCH3 is 1. The highest BCUT2D eigenvalue weighted by Crippen LogP contribution is 2.46. The van der Waals surface area contributed by atoms with Gasteiger partial charge >= 0.3 is 0 Å². The zero-order valence-electron chi connectivity index (χ0n) is 19.5. The Kier molecular flexibility index (Phi) is 6.28. The van der Waals surface area contributed by atoms with Gasteiger partial charge in [0.05, 0.1) is 32.6 Å². The molecule has 0 aromatic heterocycles. The maximum absolute atomic E-state index is 12.3. The number of ether oxygens (including phenoxy) is 2. The quantitative estimate of drug-likeness (QED) is 0.689. The highest BCUT2D eigenvalue weighted by Gasteiger charge is 2.37. The molecule has 0 spiro atoms. The van der Waals surface area contributed by atoms with Gasteiger partial charge in [-0.1, -0.05) is 13.8 Å². The number of hydrogen-bond acceptors (Lipinski definition) is 7. The standard InChI is InChI=1S/C24H31N3O5S/c1-24(2)15-18-11-16(23(28)26-33(4,29)30)5-6-21(18)25-22(24)17-12-19(14-20(13-17)31-3)27-7-9-32-10-8-27/h5-6,11-14,22,25H,7-10,15H2,1-4H3,(H,26,28). The van der Waals surface area contributed by atoms with E-state index < -0.39 is 15.9 Å². The van der Waals surface area contributed by atoms with E-state index in [9.17, 15) is 13.2 Å². The topological polar surface area (TPSA) is 97.0 Å². The maximum Gasteiger partial charge on any atom is 0.264 e. The molecule has 2 N–H and O–H groups in total. The van der Waals surface area contributed by atoms with Crippen LogP contribution in [0.1, 0.15) is 41.4 Å². The number of fused-ring (bicyclic) bond motifs is 1. The Morgan fingerprint density at radius 1 is 1.18 bits per heavy atom. The first kappa shape index (κ1) is 23.4. The Morgan fingerprint density at radius 2 is 1.91 bits per heavy atom. The summed E-state index contributed by atoms with van der Waals surface area (Å²) in [6.45, 7) is 7.48. The summed E-state index contributed by atoms with van der Waals surface area (Å²) < 4.78 is 36.0. The van der Waals surface area contributed by atoms with Crippen LogP contribution in [0.4, 0.5) is 11.4 Å². The minimum Gasteiger partial charge on any atom is -0.497 e. The van der Waals surface area contributed by atoms with Crippen LogP contribution >= 0.6 is 0 Å². The van der Waals surface area contributed by atoms with E-state index in [0.717, 1.165) is 54.0 Å². The first-order valence-electron chi connectivity index (χ1n) is 11.0. The van der Waals surface area contributed by atoms with Gasteiger partial charge in [0.1, 0.15) is 5.75 Å². The maximum atomic E-state index is 12.3. The minimum atomic E-state index is -3.62. The van der Waals surface area contributed by atoms with Crippen molar-refractivity contribution in [3.63, 3.8) is 0 Å². The van der Waals surface area contributed by atoms with E-state index in [4.69, 9.17) is 9.47 Å². The van der Waals surface area contributed by atoms with Gasteiger partial charge in [0.15, 0.2) is 0 Å². The first-order valence-corrected chi connectivity index (χ1v) is 12.9. The molecule has 9 heteroatoms. The molecule has 1 fully saturated rings. The van der Waals surface area contributed by atoms with E-state index in [-0.39, 0.29) is 11.5 Å². The van der Waals surface area contributed by atoms with Gasteiger partial charge in [-0.2, -0.15) is 0 Å². The molecule has 1 amide bonds. The summed E-state index contributed by atoms with van der Waals surface area (Å²) in [4.78, 5) is 14.6. The van der Waals surface area contributed by atoms with Gasteiger partial charge in [-0.15, -0.1) is 0 Å². The van der Waals surface area contributed by atoms with Crippen molar-refractivity contribution in [3.8, 4) is 5.75 Å². The van der Waals surface area contributed by atoms with Crippen molar-refractivity contribution in [2.24, 2.45) is 5.41 Å². The molecular weight excluding hydrogens is 442 g/mol. The molecule has 0 bridgehead atoms. The van der Waals surface area contributed by atoms with Gasteiger partial charge in [0.25, 0.3) is 5.91 Å². The minimum absolute atomic E-state index is 0.0237. The molecule has 0 aliphatic carbocycles. The van der Waals surface area contributed by atoms with Crippen molar-refractivity contribution < 1.29 is 22.7 Å². The number of hydrogen-bond donors (Lipinski definition) is 2.